The molecular formula is C13H16N2O3. The second kappa shape index (κ2) is 7.30. The summed E-state index contributed by atoms with van der Waals surface area (Å²) in [5.74, 6) is 3.24. The van der Waals surface area contributed by atoms with E-state index in [4.69, 9.17) is 11.2 Å². The molecule has 0 amide bonds. The van der Waals surface area contributed by atoms with Crippen molar-refractivity contribution in [3.05, 3.63) is 34.4 Å². The minimum Gasteiger partial charge on any atom is -0.492 e. The Labute approximate surface area is 106 Å². The standard InChI is InChI=1S/C13H16N2O3/c1-3-11(4-2)14-9-10-18-13-7-5-12(6-8-13)15(16)17/h1,5-8,11,14H,4,9-10H2,2H3. The lowest BCUT2D eigenvalue weighted by molar-refractivity contribution is -0.384. The van der Waals surface area contributed by atoms with Crippen LogP contribution < -0.4 is 10.1 Å². The molecule has 1 rings (SSSR count). The smallest absolute Gasteiger partial charge is 0.269 e. The van der Waals surface area contributed by atoms with Gasteiger partial charge in [-0.25, -0.2) is 0 Å². The second-order valence-electron chi connectivity index (χ2n) is 3.68. The van der Waals surface area contributed by atoms with Crippen molar-refractivity contribution in [1.29, 1.82) is 0 Å². The van der Waals surface area contributed by atoms with Crippen LogP contribution >= 0.6 is 0 Å². The summed E-state index contributed by atoms with van der Waals surface area (Å²) in [6.45, 7) is 3.12. The van der Waals surface area contributed by atoms with Crippen LogP contribution in [0.2, 0.25) is 0 Å². The molecule has 0 saturated carbocycles. The molecule has 0 spiro atoms. The molecule has 1 unspecified atom stereocenters. The van der Waals surface area contributed by atoms with Gasteiger partial charge in [-0.3, -0.25) is 10.1 Å². The number of benzene rings is 1. The molecule has 0 bridgehead atoms. The van der Waals surface area contributed by atoms with Crippen molar-refractivity contribution in [3.8, 4) is 18.1 Å². The van der Waals surface area contributed by atoms with Gasteiger partial charge in [0.1, 0.15) is 12.4 Å². The molecule has 96 valence electrons. The summed E-state index contributed by atoms with van der Waals surface area (Å²) >= 11 is 0. The van der Waals surface area contributed by atoms with Crippen molar-refractivity contribution in [2.45, 2.75) is 19.4 Å². The van der Waals surface area contributed by atoms with Crippen LogP contribution in [0.25, 0.3) is 0 Å². The van der Waals surface area contributed by atoms with Gasteiger partial charge in [0, 0.05) is 18.7 Å². The van der Waals surface area contributed by atoms with Crippen LogP contribution in [-0.2, 0) is 0 Å². The van der Waals surface area contributed by atoms with E-state index in [0.29, 0.717) is 18.9 Å². The van der Waals surface area contributed by atoms with Crippen LogP contribution in [0, 0.1) is 22.5 Å². The summed E-state index contributed by atoms with van der Waals surface area (Å²) in [6.07, 6.45) is 6.17. The third kappa shape index (κ3) is 4.44. The Balaban J connectivity index is 2.32. The van der Waals surface area contributed by atoms with Gasteiger partial charge in [0.25, 0.3) is 5.69 Å². The third-order valence-corrected chi connectivity index (χ3v) is 2.42. The largest absolute Gasteiger partial charge is 0.492 e. The summed E-state index contributed by atoms with van der Waals surface area (Å²) < 4.78 is 5.43. The molecule has 1 atom stereocenters. The summed E-state index contributed by atoms with van der Waals surface area (Å²) in [7, 11) is 0. The van der Waals surface area contributed by atoms with Crippen LogP contribution in [0.1, 0.15) is 13.3 Å². The Morgan fingerprint density at radius 2 is 2.17 bits per heavy atom. The van der Waals surface area contributed by atoms with Crippen LogP contribution in [0.4, 0.5) is 5.69 Å². The van der Waals surface area contributed by atoms with Gasteiger partial charge in [-0.2, -0.15) is 0 Å². The zero-order valence-electron chi connectivity index (χ0n) is 10.3. The number of ether oxygens (including phenoxy) is 1. The maximum Gasteiger partial charge on any atom is 0.269 e. The van der Waals surface area contributed by atoms with Crippen molar-refractivity contribution < 1.29 is 9.66 Å². The number of non-ortho nitro benzene ring substituents is 1. The quantitative estimate of drug-likeness (QED) is 0.347. The molecule has 0 fully saturated rings. The number of nitro groups is 1. The van der Waals surface area contributed by atoms with Gasteiger partial charge in [0.05, 0.1) is 11.0 Å². The Bertz CT molecular complexity index is 423. The van der Waals surface area contributed by atoms with Crippen molar-refractivity contribution in [1.82, 2.24) is 5.32 Å². The zero-order valence-corrected chi connectivity index (χ0v) is 10.3. The number of hydrogen-bond acceptors (Lipinski definition) is 4. The maximum atomic E-state index is 10.4. The number of nitrogens with zero attached hydrogens (tertiary/aromatic N) is 1. The van der Waals surface area contributed by atoms with Crippen molar-refractivity contribution in [2.75, 3.05) is 13.2 Å². The van der Waals surface area contributed by atoms with Crippen LogP contribution in [0.15, 0.2) is 24.3 Å². The van der Waals surface area contributed by atoms with E-state index < -0.39 is 4.92 Å². The first-order valence-electron chi connectivity index (χ1n) is 5.74. The van der Waals surface area contributed by atoms with Gasteiger partial charge in [0.15, 0.2) is 0 Å². The fraction of sp³-hybridized carbons (Fsp3) is 0.385. The van der Waals surface area contributed by atoms with E-state index in [0.717, 1.165) is 6.42 Å². The molecule has 1 N–H and O–H groups in total. The fourth-order valence-electron chi connectivity index (χ4n) is 1.39. The molecule has 0 saturated heterocycles. The Morgan fingerprint density at radius 3 is 2.67 bits per heavy atom. The summed E-state index contributed by atoms with van der Waals surface area (Å²) in [4.78, 5) is 10.0. The van der Waals surface area contributed by atoms with Crippen molar-refractivity contribution in [2.24, 2.45) is 0 Å². The monoisotopic (exact) mass is 248 g/mol. The lowest BCUT2D eigenvalue weighted by Gasteiger charge is -2.11. The van der Waals surface area contributed by atoms with Gasteiger partial charge in [0.2, 0.25) is 0 Å². The highest BCUT2D eigenvalue weighted by Crippen LogP contribution is 2.16. The number of nitrogens with one attached hydrogen (secondary N) is 1. The zero-order chi connectivity index (χ0) is 13.4. The minimum atomic E-state index is -0.440. The number of hydrogen-bond donors (Lipinski definition) is 1. The lowest BCUT2D eigenvalue weighted by atomic mass is 10.2. The third-order valence-electron chi connectivity index (χ3n) is 2.42. The first-order chi connectivity index (χ1) is 8.67. The van der Waals surface area contributed by atoms with E-state index >= 15 is 0 Å². The minimum absolute atomic E-state index is 0.0545. The molecule has 18 heavy (non-hydrogen) atoms. The molecule has 0 radical (unpaired) electrons. The summed E-state index contributed by atoms with van der Waals surface area (Å²) in [5, 5.41) is 13.6. The first-order valence-corrected chi connectivity index (χ1v) is 5.74. The van der Waals surface area contributed by atoms with Crippen LogP contribution in [0.3, 0.4) is 0 Å². The molecule has 1 aromatic rings. The van der Waals surface area contributed by atoms with E-state index in [9.17, 15) is 10.1 Å². The highest BCUT2D eigenvalue weighted by Gasteiger charge is 2.04. The van der Waals surface area contributed by atoms with E-state index in [2.05, 4.69) is 11.2 Å². The topological polar surface area (TPSA) is 64.4 Å². The number of terminal acetylenes is 1. The molecule has 0 aromatic heterocycles. The van der Waals surface area contributed by atoms with E-state index in [1.165, 1.54) is 12.1 Å². The Kier molecular flexibility index (Phi) is 5.68. The Hall–Kier alpha value is -2.06. The summed E-state index contributed by atoms with van der Waals surface area (Å²) in [5.41, 5.74) is 0.0545. The molecule has 0 aliphatic heterocycles. The highest BCUT2D eigenvalue weighted by molar-refractivity contribution is 5.35. The normalized spacial score (nSPS) is 11.6. The van der Waals surface area contributed by atoms with Crippen LogP contribution in [-0.4, -0.2) is 24.1 Å². The molecule has 0 heterocycles. The van der Waals surface area contributed by atoms with Gasteiger partial charge < -0.3 is 10.1 Å². The fourth-order valence-corrected chi connectivity index (χ4v) is 1.39. The van der Waals surface area contributed by atoms with Gasteiger partial charge in [-0.1, -0.05) is 12.8 Å². The first kappa shape index (κ1) is 14.0. The molecule has 0 aliphatic carbocycles. The van der Waals surface area contributed by atoms with E-state index in [1.807, 2.05) is 6.92 Å². The number of rotatable bonds is 7. The molecule has 1 aromatic carbocycles. The molecular weight excluding hydrogens is 232 g/mol. The summed E-state index contributed by atoms with van der Waals surface area (Å²) in [6, 6.07) is 6.05. The average molecular weight is 248 g/mol. The van der Waals surface area contributed by atoms with Gasteiger partial charge in [-0.05, 0) is 18.6 Å². The van der Waals surface area contributed by atoms with Crippen LogP contribution in [0.5, 0.6) is 5.75 Å². The predicted molar refractivity (Wildman–Crippen MR) is 69.5 cm³/mol. The SMILES string of the molecule is C#CC(CC)NCCOc1ccc([N+](=O)[O-])cc1. The van der Waals surface area contributed by atoms with E-state index in [1.54, 1.807) is 12.1 Å². The second-order valence-corrected chi connectivity index (χ2v) is 3.68. The average Bonchev–Trinajstić information content (AvgIpc) is 2.39. The lowest BCUT2D eigenvalue weighted by Crippen LogP contribution is -2.30. The highest BCUT2D eigenvalue weighted by atomic mass is 16.6. The van der Waals surface area contributed by atoms with E-state index in [-0.39, 0.29) is 11.7 Å². The number of nitro benzene ring substituents is 1. The van der Waals surface area contributed by atoms with Crippen molar-refractivity contribution in [3.63, 3.8) is 0 Å². The Morgan fingerprint density at radius 1 is 1.50 bits per heavy atom. The predicted octanol–water partition coefficient (Wildman–Crippen LogP) is 1.97. The van der Waals surface area contributed by atoms with Gasteiger partial charge in [-0.15, -0.1) is 6.42 Å². The molecule has 0 aliphatic rings. The van der Waals surface area contributed by atoms with Gasteiger partial charge >= 0.3 is 0 Å². The van der Waals surface area contributed by atoms with Crippen molar-refractivity contribution >= 4 is 5.69 Å². The molecule has 5 nitrogen and oxygen atoms in total. The molecule has 5 heteroatoms. The maximum absolute atomic E-state index is 10.4.